The fourth-order valence-electron chi connectivity index (χ4n) is 2.92. The maximum atomic E-state index is 13.3. The monoisotopic (exact) mass is 312 g/mol. The minimum Gasteiger partial charge on any atom is -0.326 e. The molecule has 2 heterocycles. The molecule has 96 valence electrons. The molecule has 2 fully saturated rings. The van der Waals surface area contributed by atoms with E-state index < -0.39 is 0 Å². The summed E-state index contributed by atoms with van der Waals surface area (Å²) in [6.45, 7) is 0. The molecule has 3 rings (SSSR count). The van der Waals surface area contributed by atoms with Gasteiger partial charge in [0.2, 0.25) is 5.91 Å². The lowest BCUT2D eigenvalue weighted by molar-refractivity contribution is -0.120. The van der Waals surface area contributed by atoms with Crippen molar-refractivity contribution in [2.45, 2.75) is 31.3 Å². The highest BCUT2D eigenvalue weighted by molar-refractivity contribution is 9.10. The lowest BCUT2D eigenvalue weighted by Crippen LogP contribution is -2.32. The van der Waals surface area contributed by atoms with Crippen molar-refractivity contribution in [3.63, 3.8) is 0 Å². The lowest BCUT2D eigenvalue weighted by atomic mass is 9.88. The Balaban J connectivity index is 1.69. The number of amides is 1. The number of halogens is 2. The molecule has 0 radical (unpaired) electrons. The van der Waals surface area contributed by atoms with Gasteiger partial charge in [0.15, 0.2) is 0 Å². The average molecular weight is 313 g/mol. The van der Waals surface area contributed by atoms with Crippen LogP contribution in [0.15, 0.2) is 22.7 Å². The van der Waals surface area contributed by atoms with Gasteiger partial charge in [0.25, 0.3) is 0 Å². The van der Waals surface area contributed by atoms with Crippen molar-refractivity contribution in [2.75, 3.05) is 5.32 Å². The van der Waals surface area contributed by atoms with E-state index in [9.17, 15) is 9.18 Å². The molecule has 2 bridgehead atoms. The molecular weight excluding hydrogens is 299 g/mol. The predicted octanol–water partition coefficient (Wildman–Crippen LogP) is 2.67. The number of fused-ring (bicyclic) bond motifs is 2. The number of carbonyl (C=O) groups excluding carboxylic acids is 1. The van der Waals surface area contributed by atoms with E-state index in [-0.39, 0.29) is 17.6 Å². The number of carbonyl (C=O) groups is 1. The quantitative estimate of drug-likeness (QED) is 0.881. The number of benzene rings is 1. The third kappa shape index (κ3) is 2.17. The maximum absolute atomic E-state index is 13.3. The minimum absolute atomic E-state index is 0.00331. The molecule has 1 amide bonds. The van der Waals surface area contributed by atoms with Gasteiger partial charge in [0.05, 0.1) is 10.4 Å². The zero-order valence-corrected chi connectivity index (χ0v) is 11.3. The first-order valence-electron chi connectivity index (χ1n) is 6.15. The Morgan fingerprint density at radius 3 is 2.89 bits per heavy atom. The summed E-state index contributed by atoms with van der Waals surface area (Å²) >= 11 is 3.09. The van der Waals surface area contributed by atoms with Crippen LogP contribution in [0, 0.1) is 11.7 Å². The molecule has 3 atom stereocenters. The zero-order valence-electron chi connectivity index (χ0n) is 9.75. The van der Waals surface area contributed by atoms with Crippen molar-refractivity contribution in [1.29, 1.82) is 0 Å². The average Bonchev–Trinajstić information content (AvgIpc) is 2.96. The third-order valence-electron chi connectivity index (χ3n) is 3.82. The van der Waals surface area contributed by atoms with E-state index >= 15 is 0 Å². The van der Waals surface area contributed by atoms with Crippen molar-refractivity contribution >= 4 is 27.5 Å². The summed E-state index contributed by atoms with van der Waals surface area (Å²) in [5.74, 6) is -0.342. The summed E-state index contributed by atoms with van der Waals surface area (Å²) in [6, 6.07) is 5.43. The van der Waals surface area contributed by atoms with Crippen molar-refractivity contribution < 1.29 is 9.18 Å². The molecule has 3 nitrogen and oxygen atoms in total. The number of nitrogens with one attached hydrogen (secondary N) is 2. The normalized spacial score (nSPS) is 29.6. The van der Waals surface area contributed by atoms with Crippen molar-refractivity contribution in [1.82, 2.24) is 5.32 Å². The molecule has 2 aliphatic heterocycles. The van der Waals surface area contributed by atoms with Crippen LogP contribution in [0.1, 0.15) is 19.3 Å². The highest BCUT2D eigenvalue weighted by atomic mass is 79.9. The van der Waals surface area contributed by atoms with Gasteiger partial charge in [0.1, 0.15) is 5.82 Å². The van der Waals surface area contributed by atoms with Gasteiger partial charge in [-0.2, -0.15) is 0 Å². The van der Waals surface area contributed by atoms with Gasteiger partial charge in [-0.3, -0.25) is 4.79 Å². The summed E-state index contributed by atoms with van der Waals surface area (Å²) in [5.41, 5.74) is 0.517. The number of hydrogen-bond donors (Lipinski definition) is 2. The van der Waals surface area contributed by atoms with Crippen LogP contribution in [0.3, 0.4) is 0 Å². The maximum Gasteiger partial charge on any atom is 0.229 e. The Labute approximate surface area is 113 Å². The molecule has 1 aromatic carbocycles. The summed E-state index contributed by atoms with van der Waals surface area (Å²) < 4.78 is 13.8. The fourth-order valence-corrected chi connectivity index (χ4v) is 3.17. The number of rotatable bonds is 2. The van der Waals surface area contributed by atoms with Crippen LogP contribution >= 0.6 is 15.9 Å². The smallest absolute Gasteiger partial charge is 0.229 e. The third-order valence-corrected chi connectivity index (χ3v) is 4.47. The Hall–Kier alpha value is -0.940. The van der Waals surface area contributed by atoms with Gasteiger partial charge >= 0.3 is 0 Å². The standard InChI is InChI=1S/C13H14BrFN2O/c14-10-3-1-8(6-11(10)15)17-13(18)9-5-7-2-4-12(9)16-7/h1,3,6-7,9,12,16H,2,4-5H2,(H,17,18). The van der Waals surface area contributed by atoms with E-state index in [0.717, 1.165) is 12.8 Å². The molecule has 5 heteroatoms. The number of anilines is 1. The van der Waals surface area contributed by atoms with Crippen LogP contribution in [0.2, 0.25) is 0 Å². The molecule has 2 N–H and O–H groups in total. The van der Waals surface area contributed by atoms with Gasteiger partial charge in [-0.15, -0.1) is 0 Å². The van der Waals surface area contributed by atoms with Crippen molar-refractivity contribution in [3.8, 4) is 0 Å². The van der Waals surface area contributed by atoms with E-state index in [1.807, 2.05) is 0 Å². The van der Waals surface area contributed by atoms with Gasteiger partial charge in [-0.05, 0) is 53.4 Å². The predicted molar refractivity (Wildman–Crippen MR) is 70.8 cm³/mol. The van der Waals surface area contributed by atoms with Crippen molar-refractivity contribution in [3.05, 3.63) is 28.5 Å². The van der Waals surface area contributed by atoms with E-state index in [2.05, 4.69) is 26.6 Å². The van der Waals surface area contributed by atoms with Crippen LogP contribution < -0.4 is 10.6 Å². The summed E-state index contributed by atoms with van der Waals surface area (Å²) in [6.07, 6.45) is 3.13. The molecule has 2 saturated heterocycles. The second-order valence-electron chi connectivity index (χ2n) is 5.01. The van der Waals surface area contributed by atoms with E-state index in [0.29, 0.717) is 22.2 Å². The zero-order chi connectivity index (χ0) is 12.7. The highest BCUT2D eigenvalue weighted by Gasteiger charge is 2.42. The van der Waals surface area contributed by atoms with Crippen LogP contribution in [-0.4, -0.2) is 18.0 Å². The lowest BCUT2D eigenvalue weighted by Gasteiger charge is -2.19. The molecule has 0 spiro atoms. The van der Waals surface area contributed by atoms with E-state index in [1.54, 1.807) is 12.1 Å². The fraction of sp³-hybridized carbons (Fsp3) is 0.462. The van der Waals surface area contributed by atoms with Gasteiger partial charge < -0.3 is 10.6 Å². The molecule has 18 heavy (non-hydrogen) atoms. The second-order valence-corrected chi connectivity index (χ2v) is 5.86. The molecule has 1 aromatic rings. The van der Waals surface area contributed by atoms with E-state index in [4.69, 9.17) is 0 Å². The van der Waals surface area contributed by atoms with Gasteiger partial charge in [-0.1, -0.05) is 0 Å². The first-order valence-corrected chi connectivity index (χ1v) is 6.95. The van der Waals surface area contributed by atoms with Crippen LogP contribution in [0.5, 0.6) is 0 Å². The molecular formula is C13H14BrFN2O. The highest BCUT2D eigenvalue weighted by Crippen LogP contribution is 2.34. The second kappa shape index (κ2) is 4.63. The Bertz CT molecular complexity index is 494. The van der Waals surface area contributed by atoms with Crippen molar-refractivity contribution in [2.24, 2.45) is 5.92 Å². The first-order chi connectivity index (χ1) is 8.63. The van der Waals surface area contributed by atoms with Gasteiger partial charge in [0, 0.05) is 17.8 Å². The summed E-state index contributed by atoms with van der Waals surface area (Å²) in [5, 5.41) is 6.22. The molecule has 3 unspecified atom stereocenters. The molecule has 0 aliphatic carbocycles. The largest absolute Gasteiger partial charge is 0.326 e. The summed E-state index contributed by atoms with van der Waals surface area (Å²) in [4.78, 5) is 12.1. The SMILES string of the molecule is O=C(Nc1ccc(Br)c(F)c1)C1CC2CCC1N2. The Kier molecular flexibility index (Phi) is 3.11. The minimum atomic E-state index is -0.362. The van der Waals surface area contributed by atoms with Crippen LogP contribution in [0.4, 0.5) is 10.1 Å². The molecule has 0 aromatic heterocycles. The van der Waals surface area contributed by atoms with E-state index in [1.165, 1.54) is 12.5 Å². The summed E-state index contributed by atoms with van der Waals surface area (Å²) in [7, 11) is 0. The van der Waals surface area contributed by atoms with Crippen LogP contribution in [-0.2, 0) is 4.79 Å². The first kappa shape index (κ1) is 12.1. The Morgan fingerprint density at radius 2 is 2.28 bits per heavy atom. The molecule has 0 saturated carbocycles. The topological polar surface area (TPSA) is 41.1 Å². The Morgan fingerprint density at radius 1 is 1.44 bits per heavy atom. The van der Waals surface area contributed by atoms with Gasteiger partial charge in [-0.25, -0.2) is 4.39 Å². The number of hydrogen-bond acceptors (Lipinski definition) is 2. The molecule has 2 aliphatic rings. The van der Waals surface area contributed by atoms with Crippen LogP contribution in [0.25, 0.3) is 0 Å².